The Labute approximate surface area is 126 Å². The molecule has 1 radical (unpaired) electrons. The van der Waals surface area contributed by atoms with E-state index in [-0.39, 0.29) is 5.78 Å². The molecule has 1 aliphatic heterocycles. The number of aromatic nitrogens is 1. The minimum atomic E-state index is -0.0722. The second-order valence-electron chi connectivity index (χ2n) is 5.06. The minimum Gasteiger partial charge on any atom is -0.493 e. The Morgan fingerprint density at radius 3 is 3.05 bits per heavy atom. The average molecular weight is 297 g/mol. The van der Waals surface area contributed by atoms with Crippen LogP contribution in [0.2, 0.25) is 5.02 Å². The molecule has 0 bridgehead atoms. The lowest BCUT2D eigenvalue weighted by Crippen LogP contribution is -2.02. The number of rotatable bonds is 2. The van der Waals surface area contributed by atoms with Crippen LogP contribution in [0.3, 0.4) is 0 Å². The Kier molecular flexibility index (Phi) is 2.76. The molecule has 0 saturated heterocycles. The molecule has 21 heavy (non-hydrogen) atoms. The molecule has 0 fully saturated rings. The molecule has 2 aromatic carbocycles. The van der Waals surface area contributed by atoms with E-state index in [4.69, 9.17) is 16.3 Å². The highest BCUT2D eigenvalue weighted by Crippen LogP contribution is 2.27. The topological polar surface area (TPSA) is 42.1 Å². The molecular weight excluding hydrogens is 286 g/mol. The first-order valence-corrected chi connectivity index (χ1v) is 7.09. The van der Waals surface area contributed by atoms with E-state index in [1.165, 1.54) is 0 Å². The summed E-state index contributed by atoms with van der Waals surface area (Å²) in [5, 5.41) is 1.48. The van der Waals surface area contributed by atoms with Crippen molar-refractivity contribution in [1.29, 1.82) is 0 Å². The predicted octanol–water partition coefficient (Wildman–Crippen LogP) is 3.79. The number of ketones is 1. The normalized spacial score (nSPS) is 13.2. The number of H-pyrrole nitrogens is 1. The lowest BCUT2D eigenvalue weighted by Gasteiger charge is -2.02. The standard InChI is InChI=1S/C17H11ClNO2/c18-13-3-1-10-8-15(19-14(10)9-13)17(20)12-2-4-16-11(7-12)5-6-21-16/h1-4,7,9,19H,5-6H2. The Morgan fingerprint density at radius 2 is 2.14 bits per heavy atom. The van der Waals surface area contributed by atoms with Crippen molar-refractivity contribution in [3.8, 4) is 5.75 Å². The maximum absolute atomic E-state index is 12.6. The van der Waals surface area contributed by atoms with E-state index in [2.05, 4.69) is 11.1 Å². The fourth-order valence-corrected chi connectivity index (χ4v) is 2.79. The number of aromatic amines is 1. The highest BCUT2D eigenvalue weighted by Gasteiger charge is 2.17. The van der Waals surface area contributed by atoms with Crippen molar-refractivity contribution in [3.05, 3.63) is 64.3 Å². The molecular formula is C17H11ClNO2. The van der Waals surface area contributed by atoms with Crippen molar-refractivity contribution < 1.29 is 9.53 Å². The lowest BCUT2D eigenvalue weighted by atomic mass is 10.0. The van der Waals surface area contributed by atoms with E-state index in [0.717, 1.165) is 28.6 Å². The quantitative estimate of drug-likeness (QED) is 0.731. The molecule has 4 heteroatoms. The molecule has 0 spiro atoms. The van der Waals surface area contributed by atoms with Gasteiger partial charge in [0.25, 0.3) is 0 Å². The first kappa shape index (κ1) is 12.5. The molecule has 0 unspecified atom stereocenters. The molecule has 103 valence electrons. The van der Waals surface area contributed by atoms with E-state index in [1.54, 1.807) is 18.2 Å². The van der Waals surface area contributed by atoms with Crippen LogP contribution in [-0.4, -0.2) is 17.4 Å². The van der Waals surface area contributed by atoms with Gasteiger partial charge in [0.15, 0.2) is 0 Å². The van der Waals surface area contributed by atoms with Crippen LogP contribution < -0.4 is 4.74 Å². The summed E-state index contributed by atoms with van der Waals surface area (Å²) in [6, 6.07) is 14.1. The van der Waals surface area contributed by atoms with Crippen molar-refractivity contribution in [3.63, 3.8) is 0 Å². The summed E-state index contributed by atoms with van der Waals surface area (Å²) in [6.07, 6.45) is 0.850. The molecule has 3 nitrogen and oxygen atoms in total. The molecule has 3 aromatic rings. The van der Waals surface area contributed by atoms with Gasteiger partial charge in [0.1, 0.15) is 5.75 Å². The van der Waals surface area contributed by atoms with Crippen LogP contribution in [0.1, 0.15) is 21.6 Å². The highest BCUT2D eigenvalue weighted by molar-refractivity contribution is 6.31. The van der Waals surface area contributed by atoms with Gasteiger partial charge in [-0.05, 0) is 35.9 Å². The summed E-state index contributed by atoms with van der Waals surface area (Å²) in [7, 11) is 0. The Morgan fingerprint density at radius 1 is 1.24 bits per heavy atom. The van der Waals surface area contributed by atoms with Gasteiger partial charge in [-0.2, -0.15) is 0 Å². The Balaban J connectivity index is 1.75. The lowest BCUT2D eigenvalue weighted by molar-refractivity contribution is 0.103. The Hall–Kier alpha value is -2.26. The number of carbonyl (C=O) groups is 1. The molecule has 0 amide bonds. The third kappa shape index (κ3) is 2.10. The molecule has 1 N–H and O–H groups in total. The maximum atomic E-state index is 12.6. The monoisotopic (exact) mass is 296 g/mol. The van der Waals surface area contributed by atoms with Crippen molar-refractivity contribution in [2.75, 3.05) is 6.61 Å². The van der Waals surface area contributed by atoms with Crippen LogP contribution in [0.15, 0.2) is 36.4 Å². The molecule has 2 heterocycles. The van der Waals surface area contributed by atoms with Crippen molar-refractivity contribution in [1.82, 2.24) is 4.98 Å². The summed E-state index contributed by atoms with van der Waals surface area (Å²) >= 11 is 5.96. The zero-order valence-electron chi connectivity index (χ0n) is 11.1. The van der Waals surface area contributed by atoms with E-state index < -0.39 is 0 Å². The number of halogens is 1. The number of ether oxygens (including phenoxy) is 1. The van der Waals surface area contributed by atoms with E-state index >= 15 is 0 Å². The molecule has 4 rings (SSSR count). The third-order valence-corrected chi connectivity index (χ3v) is 3.91. The predicted molar refractivity (Wildman–Crippen MR) is 81.2 cm³/mol. The summed E-state index contributed by atoms with van der Waals surface area (Å²) in [4.78, 5) is 15.6. The largest absolute Gasteiger partial charge is 0.493 e. The van der Waals surface area contributed by atoms with Gasteiger partial charge in [0.05, 0.1) is 12.3 Å². The minimum absolute atomic E-state index is 0.0722. The summed E-state index contributed by atoms with van der Waals surface area (Å²) in [5.41, 5.74) is 3.00. The van der Waals surface area contributed by atoms with Gasteiger partial charge in [-0.3, -0.25) is 4.79 Å². The van der Waals surface area contributed by atoms with Crippen LogP contribution >= 0.6 is 11.6 Å². The maximum Gasteiger partial charge on any atom is 0.209 e. The smallest absolute Gasteiger partial charge is 0.209 e. The zero-order chi connectivity index (χ0) is 14.4. The van der Waals surface area contributed by atoms with Crippen LogP contribution in [0.25, 0.3) is 10.9 Å². The van der Waals surface area contributed by atoms with Crippen molar-refractivity contribution >= 4 is 28.3 Å². The number of fused-ring (bicyclic) bond motifs is 2. The first-order valence-electron chi connectivity index (χ1n) is 6.72. The van der Waals surface area contributed by atoms with Crippen molar-refractivity contribution in [2.45, 2.75) is 6.42 Å². The van der Waals surface area contributed by atoms with Gasteiger partial charge in [0.2, 0.25) is 5.78 Å². The number of carbonyl (C=O) groups excluding carboxylic acids is 1. The van der Waals surface area contributed by atoms with Crippen molar-refractivity contribution in [2.24, 2.45) is 0 Å². The fraction of sp³-hybridized carbons (Fsp3) is 0.118. The van der Waals surface area contributed by atoms with Gasteiger partial charge in [-0.25, -0.2) is 0 Å². The van der Waals surface area contributed by atoms with E-state index in [0.29, 0.717) is 22.9 Å². The van der Waals surface area contributed by atoms with Crippen LogP contribution in [-0.2, 0) is 6.42 Å². The van der Waals surface area contributed by atoms with Gasteiger partial charge >= 0.3 is 0 Å². The summed E-state index contributed by atoms with van der Waals surface area (Å²) in [5.74, 6) is 0.802. The second kappa shape index (κ2) is 4.64. The summed E-state index contributed by atoms with van der Waals surface area (Å²) in [6.45, 7) is 0.685. The fourth-order valence-electron chi connectivity index (χ4n) is 2.62. The molecule has 0 atom stereocenters. The van der Waals surface area contributed by atoms with Gasteiger partial charge in [-0.15, -0.1) is 0 Å². The van der Waals surface area contributed by atoms with Gasteiger partial charge in [-0.1, -0.05) is 17.7 Å². The summed E-state index contributed by atoms with van der Waals surface area (Å²) < 4.78 is 5.46. The number of hydrogen-bond acceptors (Lipinski definition) is 2. The number of nitrogens with one attached hydrogen (secondary N) is 1. The second-order valence-corrected chi connectivity index (χ2v) is 5.50. The SMILES string of the molecule is O=C(c1ccc2c(c1)CCO2)c1[c]c2ccc(Cl)cc2[nH]1. The first-order chi connectivity index (χ1) is 10.2. The van der Waals surface area contributed by atoms with Gasteiger partial charge in [0, 0.05) is 34.0 Å². The number of benzene rings is 2. The van der Waals surface area contributed by atoms with E-state index in [1.807, 2.05) is 18.2 Å². The van der Waals surface area contributed by atoms with E-state index in [9.17, 15) is 4.79 Å². The average Bonchev–Trinajstić information content (AvgIpc) is 3.11. The van der Waals surface area contributed by atoms with Gasteiger partial charge < -0.3 is 9.72 Å². The van der Waals surface area contributed by atoms with Crippen LogP contribution in [0.4, 0.5) is 0 Å². The zero-order valence-corrected chi connectivity index (χ0v) is 11.8. The molecule has 0 saturated carbocycles. The number of hydrogen-bond donors (Lipinski definition) is 1. The molecule has 0 aliphatic carbocycles. The highest BCUT2D eigenvalue weighted by atomic mass is 35.5. The van der Waals surface area contributed by atoms with Crippen LogP contribution in [0, 0.1) is 6.07 Å². The molecule has 1 aromatic heterocycles. The molecule has 1 aliphatic rings. The van der Waals surface area contributed by atoms with Crippen LogP contribution in [0.5, 0.6) is 5.75 Å². The third-order valence-electron chi connectivity index (χ3n) is 3.68. The Bertz CT molecular complexity index is 866.